The van der Waals surface area contributed by atoms with E-state index in [0.717, 1.165) is 28.3 Å². The molecule has 0 unspecified atom stereocenters. The molecule has 6 atom stereocenters. The normalized spacial score (nSPS) is 32.5. The van der Waals surface area contributed by atoms with E-state index in [9.17, 15) is 9.59 Å². The molecular formula is C26H24N2O3. The van der Waals surface area contributed by atoms with Crippen LogP contribution in [0, 0.1) is 42.4 Å². The van der Waals surface area contributed by atoms with Gasteiger partial charge in [0.25, 0.3) is 11.8 Å². The van der Waals surface area contributed by atoms with E-state index < -0.39 is 0 Å². The van der Waals surface area contributed by atoms with E-state index in [1.54, 1.807) is 6.21 Å². The lowest BCUT2D eigenvalue weighted by molar-refractivity contribution is -0.140. The van der Waals surface area contributed by atoms with Gasteiger partial charge in [-0.2, -0.15) is 10.1 Å². The summed E-state index contributed by atoms with van der Waals surface area (Å²) in [6, 6.07) is 15.8. The van der Waals surface area contributed by atoms with E-state index in [1.165, 1.54) is 5.56 Å². The first kappa shape index (κ1) is 18.6. The van der Waals surface area contributed by atoms with Crippen molar-refractivity contribution < 1.29 is 14.3 Å². The van der Waals surface area contributed by atoms with Gasteiger partial charge in [-0.05, 0) is 60.3 Å². The van der Waals surface area contributed by atoms with Crippen molar-refractivity contribution in [2.45, 2.75) is 20.0 Å². The minimum atomic E-state index is -0.215. The third-order valence-corrected chi connectivity index (χ3v) is 7.35. The van der Waals surface area contributed by atoms with Crippen LogP contribution in [0.4, 0.5) is 0 Å². The monoisotopic (exact) mass is 412 g/mol. The van der Waals surface area contributed by atoms with Gasteiger partial charge in [-0.3, -0.25) is 9.59 Å². The molecular weight excluding hydrogens is 388 g/mol. The number of nitrogens with zero attached hydrogens (tertiary/aromatic N) is 2. The first-order valence-corrected chi connectivity index (χ1v) is 11.0. The van der Waals surface area contributed by atoms with Crippen molar-refractivity contribution in [1.29, 1.82) is 0 Å². The number of aryl methyl sites for hydroxylation is 1. The van der Waals surface area contributed by atoms with E-state index in [4.69, 9.17) is 4.74 Å². The zero-order valence-corrected chi connectivity index (χ0v) is 17.3. The zero-order valence-electron chi connectivity index (χ0n) is 17.3. The van der Waals surface area contributed by atoms with Crippen molar-refractivity contribution in [2.75, 3.05) is 0 Å². The van der Waals surface area contributed by atoms with Crippen LogP contribution in [-0.2, 0) is 16.2 Å². The van der Waals surface area contributed by atoms with E-state index in [2.05, 4.69) is 48.4 Å². The van der Waals surface area contributed by atoms with E-state index >= 15 is 0 Å². The molecule has 2 aromatic carbocycles. The standard InChI is InChI=1S/C26H24N2O3/c1-15-5-7-16(8-6-15)14-31-18-4-2-3-17(11-18)13-27-28-25(29)23-19-9-10-20(22-12-21(19)22)24(23)26(28)30/h2-11,13,19-24H,12,14H2,1H3/b27-13-/t19-,20-,21-,22-,23-,24+/m0/s1. The van der Waals surface area contributed by atoms with Crippen LogP contribution in [0.5, 0.6) is 5.75 Å². The van der Waals surface area contributed by atoms with E-state index in [-0.39, 0.29) is 35.5 Å². The Hall–Kier alpha value is -3.21. The fraction of sp³-hybridized carbons (Fsp3) is 0.346. The summed E-state index contributed by atoms with van der Waals surface area (Å²) in [5.41, 5.74) is 3.11. The molecule has 2 bridgehead atoms. The molecule has 5 nitrogen and oxygen atoms in total. The smallest absolute Gasteiger partial charge is 0.254 e. The van der Waals surface area contributed by atoms with Crippen molar-refractivity contribution in [2.24, 2.45) is 40.6 Å². The molecule has 31 heavy (non-hydrogen) atoms. The predicted molar refractivity (Wildman–Crippen MR) is 116 cm³/mol. The van der Waals surface area contributed by atoms with Gasteiger partial charge in [0.2, 0.25) is 0 Å². The maximum absolute atomic E-state index is 13.0. The lowest BCUT2D eigenvalue weighted by Gasteiger charge is -2.37. The Morgan fingerprint density at radius 3 is 2.35 bits per heavy atom. The highest BCUT2D eigenvalue weighted by Crippen LogP contribution is 2.65. The summed E-state index contributed by atoms with van der Waals surface area (Å²) in [5.74, 6) is 1.65. The molecule has 2 saturated carbocycles. The van der Waals surface area contributed by atoms with Gasteiger partial charge >= 0.3 is 0 Å². The molecule has 5 aliphatic rings. The van der Waals surface area contributed by atoms with Gasteiger partial charge in [-0.1, -0.05) is 54.1 Å². The summed E-state index contributed by atoms with van der Waals surface area (Å²) < 4.78 is 5.90. The highest BCUT2D eigenvalue weighted by Gasteiger charge is 2.67. The lowest BCUT2D eigenvalue weighted by Crippen LogP contribution is -2.40. The van der Waals surface area contributed by atoms with Crippen LogP contribution in [0.2, 0.25) is 0 Å². The predicted octanol–water partition coefficient (Wildman–Crippen LogP) is 3.96. The summed E-state index contributed by atoms with van der Waals surface area (Å²) in [7, 11) is 0. The van der Waals surface area contributed by atoms with Gasteiger partial charge in [0, 0.05) is 0 Å². The molecule has 4 aliphatic carbocycles. The highest BCUT2D eigenvalue weighted by atomic mass is 16.5. The van der Waals surface area contributed by atoms with E-state index in [1.807, 2.05) is 24.3 Å². The summed E-state index contributed by atoms with van der Waals surface area (Å²) in [6.45, 7) is 2.54. The quantitative estimate of drug-likeness (QED) is 0.424. The van der Waals surface area contributed by atoms with Crippen molar-refractivity contribution in [3.8, 4) is 5.75 Å². The number of benzene rings is 2. The average Bonchev–Trinajstić information content (AvgIpc) is 3.57. The lowest BCUT2D eigenvalue weighted by atomic mass is 9.63. The van der Waals surface area contributed by atoms with Gasteiger partial charge in [-0.15, -0.1) is 0 Å². The number of allylic oxidation sites excluding steroid dienone is 2. The molecule has 5 heteroatoms. The molecule has 7 rings (SSSR count). The maximum Gasteiger partial charge on any atom is 0.254 e. The zero-order chi connectivity index (χ0) is 21.1. The third-order valence-electron chi connectivity index (χ3n) is 7.35. The molecule has 1 saturated heterocycles. The Balaban J connectivity index is 1.16. The fourth-order valence-corrected chi connectivity index (χ4v) is 5.72. The molecule has 2 amide bonds. The number of imide groups is 1. The van der Waals surface area contributed by atoms with Gasteiger partial charge < -0.3 is 4.74 Å². The first-order valence-electron chi connectivity index (χ1n) is 11.0. The van der Waals surface area contributed by atoms with Crippen LogP contribution in [0.1, 0.15) is 23.1 Å². The minimum Gasteiger partial charge on any atom is -0.489 e. The largest absolute Gasteiger partial charge is 0.489 e. The van der Waals surface area contributed by atoms with Crippen molar-refractivity contribution >= 4 is 18.0 Å². The molecule has 156 valence electrons. The number of hydrogen-bond acceptors (Lipinski definition) is 4. The second-order valence-electron chi connectivity index (χ2n) is 9.23. The molecule has 0 N–H and O–H groups in total. The van der Waals surface area contributed by atoms with Crippen LogP contribution in [0.3, 0.4) is 0 Å². The minimum absolute atomic E-state index is 0.136. The Bertz CT molecular complexity index is 1080. The van der Waals surface area contributed by atoms with Crippen LogP contribution < -0.4 is 4.74 Å². The number of hydrazone groups is 1. The van der Waals surface area contributed by atoms with Crippen LogP contribution in [0.15, 0.2) is 65.8 Å². The Labute approximate surface area is 181 Å². The van der Waals surface area contributed by atoms with Crippen molar-refractivity contribution in [1.82, 2.24) is 5.01 Å². The molecule has 3 fully saturated rings. The Morgan fingerprint density at radius 2 is 1.68 bits per heavy atom. The number of ether oxygens (including phenoxy) is 1. The van der Waals surface area contributed by atoms with Crippen LogP contribution >= 0.6 is 0 Å². The summed E-state index contributed by atoms with van der Waals surface area (Å²) in [4.78, 5) is 26.0. The van der Waals surface area contributed by atoms with Gasteiger partial charge in [0.15, 0.2) is 0 Å². The number of carbonyl (C=O) groups is 2. The summed E-state index contributed by atoms with van der Waals surface area (Å²) >= 11 is 0. The number of rotatable bonds is 5. The third kappa shape index (κ3) is 3.02. The number of amides is 2. The molecule has 0 radical (unpaired) electrons. The number of carbonyl (C=O) groups excluding carboxylic acids is 2. The Morgan fingerprint density at radius 1 is 1.00 bits per heavy atom. The highest BCUT2D eigenvalue weighted by molar-refractivity contribution is 6.06. The molecule has 0 spiro atoms. The molecule has 1 heterocycles. The summed E-state index contributed by atoms with van der Waals surface area (Å²) in [6.07, 6.45) is 7.09. The second-order valence-corrected chi connectivity index (χ2v) is 9.23. The SMILES string of the molecule is Cc1ccc(COc2cccc(/C=N\N3C(=O)[C@@H]4[C@H]5C=C[C@@H]([C@@H]6C[C@@H]56)[C@@H]4C3=O)c2)cc1. The van der Waals surface area contributed by atoms with Crippen molar-refractivity contribution in [3.63, 3.8) is 0 Å². The number of hydrogen-bond donors (Lipinski definition) is 0. The van der Waals surface area contributed by atoms with Gasteiger partial charge in [0.05, 0.1) is 18.1 Å². The van der Waals surface area contributed by atoms with Crippen LogP contribution in [-0.4, -0.2) is 23.0 Å². The Kier molecular flexibility index (Phi) is 4.13. The van der Waals surface area contributed by atoms with Crippen molar-refractivity contribution in [3.05, 3.63) is 77.4 Å². The molecule has 2 aromatic rings. The van der Waals surface area contributed by atoms with Gasteiger partial charge in [-0.25, -0.2) is 0 Å². The molecule has 1 aliphatic heterocycles. The second kappa shape index (κ2) is 6.91. The first-order chi connectivity index (χ1) is 15.1. The van der Waals surface area contributed by atoms with E-state index in [0.29, 0.717) is 18.4 Å². The van der Waals surface area contributed by atoms with Crippen LogP contribution in [0.25, 0.3) is 0 Å². The summed E-state index contributed by atoms with van der Waals surface area (Å²) in [5, 5.41) is 5.43. The molecule has 0 aromatic heterocycles. The fourth-order valence-electron chi connectivity index (χ4n) is 5.72. The maximum atomic E-state index is 13.0. The van der Waals surface area contributed by atoms with Gasteiger partial charge in [0.1, 0.15) is 12.4 Å². The average molecular weight is 412 g/mol. The topological polar surface area (TPSA) is 59.0 Å².